The molecule has 0 spiro atoms. The Bertz CT molecular complexity index is 499. The number of esters is 1. The Hall–Kier alpha value is -1.49. The summed E-state index contributed by atoms with van der Waals surface area (Å²) < 4.78 is 31.6. The van der Waals surface area contributed by atoms with Crippen molar-refractivity contribution in [2.45, 2.75) is 52.6 Å². The molecule has 23 heavy (non-hydrogen) atoms. The van der Waals surface area contributed by atoms with Crippen molar-refractivity contribution < 1.29 is 23.4 Å². The fourth-order valence-electron chi connectivity index (χ4n) is 2.74. The fraction of sp³-hybridized carbons (Fsp3) is 0.611. The zero-order chi connectivity index (χ0) is 17.6. The zero-order valence-corrected chi connectivity index (χ0v) is 14.2. The Morgan fingerprint density at radius 2 is 1.78 bits per heavy atom. The molecule has 1 N–H and O–H groups in total. The molecule has 130 valence electrons. The van der Waals surface area contributed by atoms with Crippen LogP contribution in [0.5, 0.6) is 0 Å². The number of carbonyl (C=O) groups excluding carboxylic acids is 1. The van der Waals surface area contributed by atoms with E-state index in [-0.39, 0.29) is 13.0 Å². The molecule has 0 aliphatic heterocycles. The van der Waals surface area contributed by atoms with E-state index in [0.717, 1.165) is 12.0 Å². The van der Waals surface area contributed by atoms with Crippen LogP contribution in [-0.2, 0) is 21.6 Å². The Labute approximate surface area is 136 Å². The minimum absolute atomic E-state index is 0.00479. The summed E-state index contributed by atoms with van der Waals surface area (Å²) in [6.07, 6.45) is -2.15. The third-order valence-corrected chi connectivity index (χ3v) is 3.94. The number of alkyl halides is 2. The lowest BCUT2D eigenvalue weighted by Crippen LogP contribution is -2.44. The van der Waals surface area contributed by atoms with E-state index in [4.69, 9.17) is 4.74 Å². The van der Waals surface area contributed by atoms with Crippen molar-refractivity contribution in [1.82, 2.24) is 0 Å². The largest absolute Gasteiger partial charge is 0.466 e. The lowest BCUT2D eigenvalue weighted by molar-refractivity contribution is -0.172. The molecule has 0 fully saturated rings. The SMILES string of the molecule is CCOC(=O)C(C(F)F)C(O)(CC)c1ccc(CC(C)C)cc1. The first kappa shape index (κ1) is 19.6. The molecule has 0 saturated heterocycles. The maximum Gasteiger partial charge on any atom is 0.318 e. The quantitative estimate of drug-likeness (QED) is 0.736. The minimum atomic E-state index is -3.01. The van der Waals surface area contributed by atoms with Gasteiger partial charge in [0.15, 0.2) is 5.92 Å². The molecule has 1 aromatic rings. The van der Waals surface area contributed by atoms with Gasteiger partial charge in [-0.2, -0.15) is 0 Å². The van der Waals surface area contributed by atoms with Crippen molar-refractivity contribution in [2.75, 3.05) is 6.61 Å². The Balaban J connectivity index is 3.17. The van der Waals surface area contributed by atoms with Gasteiger partial charge in [-0.05, 0) is 36.8 Å². The summed E-state index contributed by atoms with van der Waals surface area (Å²) in [6.45, 7) is 7.30. The van der Waals surface area contributed by atoms with Gasteiger partial charge in [-0.15, -0.1) is 0 Å². The van der Waals surface area contributed by atoms with Crippen LogP contribution in [0.25, 0.3) is 0 Å². The first-order valence-electron chi connectivity index (χ1n) is 8.02. The summed E-state index contributed by atoms with van der Waals surface area (Å²) in [7, 11) is 0. The molecule has 0 saturated carbocycles. The number of hydrogen-bond donors (Lipinski definition) is 1. The molecule has 5 heteroatoms. The molecule has 0 heterocycles. The first-order valence-corrected chi connectivity index (χ1v) is 8.02. The minimum Gasteiger partial charge on any atom is -0.466 e. The number of hydrogen-bond acceptors (Lipinski definition) is 3. The van der Waals surface area contributed by atoms with Crippen LogP contribution >= 0.6 is 0 Å². The summed E-state index contributed by atoms with van der Waals surface area (Å²) in [4.78, 5) is 11.9. The molecular formula is C18H26F2O3. The summed E-state index contributed by atoms with van der Waals surface area (Å²) in [5.41, 5.74) is -0.575. The Morgan fingerprint density at radius 3 is 2.17 bits per heavy atom. The van der Waals surface area contributed by atoms with Gasteiger partial charge in [0.2, 0.25) is 0 Å². The molecule has 0 aliphatic rings. The summed E-state index contributed by atoms with van der Waals surface area (Å²) in [5, 5.41) is 10.8. The van der Waals surface area contributed by atoms with Crippen molar-refractivity contribution in [3.05, 3.63) is 35.4 Å². The number of carbonyl (C=O) groups is 1. The van der Waals surface area contributed by atoms with Crippen molar-refractivity contribution in [1.29, 1.82) is 0 Å². The molecule has 0 amide bonds. The predicted octanol–water partition coefficient (Wildman–Crippen LogP) is 3.93. The van der Waals surface area contributed by atoms with E-state index in [1.165, 1.54) is 0 Å². The third-order valence-electron chi connectivity index (χ3n) is 3.94. The second kappa shape index (κ2) is 8.39. The van der Waals surface area contributed by atoms with Gasteiger partial charge in [0.05, 0.1) is 6.61 Å². The van der Waals surface area contributed by atoms with E-state index in [9.17, 15) is 18.7 Å². The smallest absolute Gasteiger partial charge is 0.318 e. The highest BCUT2D eigenvalue weighted by molar-refractivity contribution is 5.74. The van der Waals surface area contributed by atoms with Crippen LogP contribution in [0.15, 0.2) is 24.3 Å². The lowest BCUT2D eigenvalue weighted by Gasteiger charge is -2.34. The van der Waals surface area contributed by atoms with E-state index in [1.54, 1.807) is 26.0 Å². The predicted molar refractivity (Wildman–Crippen MR) is 85.3 cm³/mol. The summed E-state index contributed by atoms with van der Waals surface area (Å²) >= 11 is 0. The molecule has 2 atom stereocenters. The zero-order valence-electron chi connectivity index (χ0n) is 14.2. The van der Waals surface area contributed by atoms with Gasteiger partial charge in [-0.1, -0.05) is 45.0 Å². The van der Waals surface area contributed by atoms with Crippen molar-refractivity contribution in [3.8, 4) is 0 Å². The molecular weight excluding hydrogens is 302 g/mol. The number of benzene rings is 1. The summed E-state index contributed by atoms with van der Waals surface area (Å²) in [6, 6.07) is 6.86. The van der Waals surface area contributed by atoms with Crippen LogP contribution in [0.3, 0.4) is 0 Å². The van der Waals surface area contributed by atoms with E-state index in [0.29, 0.717) is 11.5 Å². The van der Waals surface area contributed by atoms with Crippen LogP contribution in [-0.4, -0.2) is 24.1 Å². The van der Waals surface area contributed by atoms with Crippen LogP contribution < -0.4 is 0 Å². The monoisotopic (exact) mass is 328 g/mol. The number of halogens is 2. The molecule has 1 aromatic carbocycles. The summed E-state index contributed by atoms with van der Waals surface area (Å²) in [5.74, 6) is -2.50. The highest BCUT2D eigenvalue weighted by Crippen LogP contribution is 2.38. The topological polar surface area (TPSA) is 46.5 Å². The van der Waals surface area contributed by atoms with Gasteiger partial charge < -0.3 is 9.84 Å². The normalized spacial score (nSPS) is 15.5. The van der Waals surface area contributed by atoms with Crippen molar-refractivity contribution in [3.63, 3.8) is 0 Å². The number of ether oxygens (including phenoxy) is 1. The molecule has 0 radical (unpaired) electrons. The molecule has 3 nitrogen and oxygen atoms in total. The van der Waals surface area contributed by atoms with Gasteiger partial charge in [-0.3, -0.25) is 4.79 Å². The second-order valence-corrected chi connectivity index (χ2v) is 6.14. The number of aliphatic hydroxyl groups is 1. The van der Waals surface area contributed by atoms with Crippen molar-refractivity contribution in [2.24, 2.45) is 11.8 Å². The van der Waals surface area contributed by atoms with E-state index in [2.05, 4.69) is 13.8 Å². The third kappa shape index (κ3) is 4.74. The Morgan fingerprint density at radius 1 is 1.22 bits per heavy atom. The average molecular weight is 328 g/mol. The molecule has 0 aromatic heterocycles. The van der Waals surface area contributed by atoms with E-state index < -0.39 is 23.9 Å². The van der Waals surface area contributed by atoms with Gasteiger partial charge >= 0.3 is 5.97 Å². The number of rotatable bonds is 8. The molecule has 0 bridgehead atoms. The van der Waals surface area contributed by atoms with Crippen LogP contribution in [0, 0.1) is 11.8 Å². The molecule has 1 rings (SSSR count). The van der Waals surface area contributed by atoms with Gasteiger partial charge in [0.25, 0.3) is 6.43 Å². The highest BCUT2D eigenvalue weighted by Gasteiger charge is 2.48. The van der Waals surface area contributed by atoms with Gasteiger partial charge in [0.1, 0.15) is 5.60 Å². The van der Waals surface area contributed by atoms with E-state index in [1.807, 2.05) is 12.1 Å². The maximum atomic E-state index is 13.4. The van der Waals surface area contributed by atoms with E-state index >= 15 is 0 Å². The van der Waals surface area contributed by atoms with Crippen LogP contribution in [0.1, 0.15) is 45.2 Å². The van der Waals surface area contributed by atoms with Crippen LogP contribution in [0.2, 0.25) is 0 Å². The maximum absolute atomic E-state index is 13.4. The van der Waals surface area contributed by atoms with Crippen LogP contribution in [0.4, 0.5) is 8.78 Å². The van der Waals surface area contributed by atoms with Crippen molar-refractivity contribution >= 4 is 5.97 Å². The van der Waals surface area contributed by atoms with Gasteiger partial charge in [0, 0.05) is 0 Å². The fourth-order valence-corrected chi connectivity index (χ4v) is 2.74. The molecule has 2 unspecified atom stereocenters. The molecule has 0 aliphatic carbocycles. The average Bonchev–Trinajstić information content (AvgIpc) is 2.47. The lowest BCUT2D eigenvalue weighted by atomic mass is 9.79. The Kier molecular flexibility index (Phi) is 7.13. The van der Waals surface area contributed by atoms with Gasteiger partial charge in [-0.25, -0.2) is 8.78 Å². The highest BCUT2D eigenvalue weighted by atomic mass is 19.3. The first-order chi connectivity index (χ1) is 10.8. The second-order valence-electron chi connectivity index (χ2n) is 6.14. The standard InChI is InChI=1S/C18H26F2O3/c1-5-18(22,15(16(19)20)17(21)23-6-2)14-9-7-13(8-10-14)11-12(3)4/h7-10,12,15-16,22H,5-6,11H2,1-4H3.